The molecule has 0 unspecified atom stereocenters. The lowest BCUT2D eigenvalue weighted by molar-refractivity contribution is -0.127. The highest BCUT2D eigenvalue weighted by molar-refractivity contribution is 5.77. The van der Waals surface area contributed by atoms with Crippen molar-refractivity contribution in [3.63, 3.8) is 0 Å². The van der Waals surface area contributed by atoms with Crippen molar-refractivity contribution in [2.45, 2.75) is 6.92 Å². The summed E-state index contributed by atoms with van der Waals surface area (Å²) in [7, 11) is 3.35. The minimum atomic E-state index is -0.0417. The van der Waals surface area contributed by atoms with Gasteiger partial charge in [-0.15, -0.1) is 0 Å². The van der Waals surface area contributed by atoms with E-state index in [1.807, 2.05) is 6.07 Å². The second kappa shape index (κ2) is 8.12. The Hall–Kier alpha value is -2.13. The summed E-state index contributed by atoms with van der Waals surface area (Å²) in [4.78, 5) is 11.8. The molecule has 0 heterocycles. The van der Waals surface area contributed by atoms with Crippen LogP contribution in [0.5, 0.6) is 0 Å². The summed E-state index contributed by atoms with van der Waals surface area (Å²) in [6.07, 6.45) is 0. The first-order chi connectivity index (χ1) is 9.54. The lowest BCUT2D eigenvalue weighted by Crippen LogP contribution is -2.28. The summed E-state index contributed by atoms with van der Waals surface area (Å²) in [5.74, 6) is -0.0417. The van der Waals surface area contributed by atoms with Crippen molar-refractivity contribution in [2.24, 2.45) is 5.73 Å². The fourth-order valence-electron chi connectivity index (χ4n) is 1.56. The summed E-state index contributed by atoms with van der Waals surface area (Å²) >= 11 is 0. The Labute approximate surface area is 121 Å². The van der Waals surface area contributed by atoms with Crippen LogP contribution in [0.3, 0.4) is 0 Å². The zero-order chi connectivity index (χ0) is 15.0. The highest BCUT2D eigenvalue weighted by Gasteiger charge is 1.95. The number of likely N-dealkylation sites (N-methyl/N-ethyl adjacent to an activating group) is 1. The van der Waals surface area contributed by atoms with E-state index < -0.39 is 0 Å². The number of nitrogens with two attached hydrogens (primary N) is 1. The fourth-order valence-corrected chi connectivity index (χ4v) is 1.56. The van der Waals surface area contributed by atoms with Crippen LogP contribution in [0.25, 0.3) is 11.1 Å². The molecular weight excluding hydrogens is 248 g/mol. The number of amides is 1. The molecule has 0 spiro atoms. The summed E-state index contributed by atoms with van der Waals surface area (Å²) in [5.41, 5.74) is 8.85. The van der Waals surface area contributed by atoms with E-state index in [-0.39, 0.29) is 12.5 Å². The number of carbonyl (C=O) groups is 1. The monoisotopic (exact) mass is 270 g/mol. The molecule has 0 aliphatic rings. The van der Waals surface area contributed by atoms with Crippen LogP contribution < -0.4 is 5.73 Å². The van der Waals surface area contributed by atoms with E-state index in [1.165, 1.54) is 21.6 Å². The molecule has 0 atom stereocenters. The van der Waals surface area contributed by atoms with Gasteiger partial charge in [0.1, 0.15) is 0 Å². The first kappa shape index (κ1) is 15.9. The molecule has 0 saturated heterocycles. The fraction of sp³-hybridized carbons (Fsp3) is 0.235. The van der Waals surface area contributed by atoms with Gasteiger partial charge in [-0.2, -0.15) is 0 Å². The van der Waals surface area contributed by atoms with E-state index >= 15 is 0 Å². The average Bonchev–Trinajstić information content (AvgIpc) is 2.48. The van der Waals surface area contributed by atoms with E-state index in [9.17, 15) is 4.79 Å². The van der Waals surface area contributed by atoms with Crippen molar-refractivity contribution in [3.8, 4) is 11.1 Å². The predicted octanol–water partition coefficient (Wildman–Crippen LogP) is 2.70. The Kier molecular flexibility index (Phi) is 6.47. The van der Waals surface area contributed by atoms with Crippen LogP contribution in [0.1, 0.15) is 5.56 Å². The molecule has 3 nitrogen and oxygen atoms in total. The Morgan fingerprint density at radius 3 is 1.85 bits per heavy atom. The van der Waals surface area contributed by atoms with Crippen molar-refractivity contribution in [2.75, 3.05) is 20.6 Å². The largest absolute Gasteiger partial charge is 0.348 e. The Morgan fingerprint density at radius 1 is 0.950 bits per heavy atom. The highest BCUT2D eigenvalue weighted by atomic mass is 16.2. The van der Waals surface area contributed by atoms with Crippen LogP contribution in [0, 0.1) is 6.92 Å². The van der Waals surface area contributed by atoms with Gasteiger partial charge in [-0.3, -0.25) is 4.79 Å². The second-order valence-corrected chi connectivity index (χ2v) is 4.72. The minimum Gasteiger partial charge on any atom is -0.348 e. The Morgan fingerprint density at radius 2 is 1.45 bits per heavy atom. The number of carbonyl (C=O) groups excluding carboxylic acids is 1. The molecule has 0 bridgehead atoms. The third-order valence-corrected chi connectivity index (χ3v) is 2.83. The maximum atomic E-state index is 10.3. The van der Waals surface area contributed by atoms with Gasteiger partial charge in [0.15, 0.2) is 0 Å². The van der Waals surface area contributed by atoms with Crippen molar-refractivity contribution in [1.82, 2.24) is 4.90 Å². The van der Waals surface area contributed by atoms with E-state index in [4.69, 9.17) is 5.73 Å². The molecule has 2 rings (SSSR count). The minimum absolute atomic E-state index is 0.0417. The second-order valence-electron chi connectivity index (χ2n) is 4.72. The molecule has 0 aliphatic heterocycles. The summed E-state index contributed by atoms with van der Waals surface area (Å²) in [6, 6.07) is 19.0. The van der Waals surface area contributed by atoms with Gasteiger partial charge in [0.2, 0.25) is 5.91 Å². The van der Waals surface area contributed by atoms with Crippen LogP contribution >= 0.6 is 0 Å². The Balaban J connectivity index is 0.000000246. The van der Waals surface area contributed by atoms with Crippen LogP contribution in [0.4, 0.5) is 0 Å². The van der Waals surface area contributed by atoms with Crippen LogP contribution in [-0.4, -0.2) is 31.4 Å². The normalized spacial score (nSPS) is 9.40. The number of benzene rings is 2. The van der Waals surface area contributed by atoms with Gasteiger partial charge >= 0.3 is 0 Å². The van der Waals surface area contributed by atoms with Gasteiger partial charge in [-0.1, -0.05) is 60.2 Å². The van der Waals surface area contributed by atoms with Gasteiger partial charge in [0.05, 0.1) is 6.54 Å². The molecule has 20 heavy (non-hydrogen) atoms. The molecule has 0 radical (unpaired) electrons. The quantitative estimate of drug-likeness (QED) is 0.912. The Bertz CT molecular complexity index is 518. The lowest BCUT2D eigenvalue weighted by Gasteiger charge is -2.05. The summed E-state index contributed by atoms with van der Waals surface area (Å²) in [6.45, 7) is 2.21. The molecule has 3 heteroatoms. The molecule has 2 aromatic rings. The van der Waals surface area contributed by atoms with Crippen LogP contribution in [0.2, 0.25) is 0 Å². The standard InChI is InChI=1S/C13H12.C4H10N2O/c1-11-7-9-13(10-8-11)12-5-3-2-4-6-12;1-6(2)4(7)3-5/h2-10H,1H3;3,5H2,1-2H3. The smallest absolute Gasteiger partial charge is 0.235 e. The summed E-state index contributed by atoms with van der Waals surface area (Å²) in [5, 5.41) is 0. The van der Waals surface area contributed by atoms with Crippen molar-refractivity contribution < 1.29 is 4.79 Å². The molecule has 2 N–H and O–H groups in total. The van der Waals surface area contributed by atoms with Gasteiger partial charge in [0.25, 0.3) is 0 Å². The molecular formula is C17H22N2O. The van der Waals surface area contributed by atoms with E-state index in [1.54, 1.807) is 14.1 Å². The van der Waals surface area contributed by atoms with Crippen LogP contribution in [0.15, 0.2) is 54.6 Å². The molecule has 2 aromatic carbocycles. The van der Waals surface area contributed by atoms with Crippen molar-refractivity contribution >= 4 is 5.91 Å². The van der Waals surface area contributed by atoms with Crippen molar-refractivity contribution in [3.05, 3.63) is 60.2 Å². The predicted molar refractivity (Wildman–Crippen MR) is 84.4 cm³/mol. The van der Waals surface area contributed by atoms with E-state index in [2.05, 4.69) is 55.5 Å². The van der Waals surface area contributed by atoms with Crippen molar-refractivity contribution in [1.29, 1.82) is 0 Å². The molecule has 0 aromatic heterocycles. The van der Waals surface area contributed by atoms with E-state index in [0.29, 0.717) is 0 Å². The number of rotatable bonds is 2. The zero-order valence-corrected chi connectivity index (χ0v) is 12.3. The number of aryl methyl sites for hydroxylation is 1. The van der Waals surface area contributed by atoms with E-state index in [0.717, 1.165) is 0 Å². The average molecular weight is 270 g/mol. The van der Waals surface area contributed by atoms with Gasteiger partial charge < -0.3 is 10.6 Å². The number of hydrogen-bond donors (Lipinski definition) is 1. The number of hydrogen-bond acceptors (Lipinski definition) is 2. The molecule has 0 fully saturated rings. The summed E-state index contributed by atoms with van der Waals surface area (Å²) < 4.78 is 0. The maximum Gasteiger partial charge on any atom is 0.235 e. The lowest BCUT2D eigenvalue weighted by atomic mass is 10.0. The third kappa shape index (κ3) is 5.24. The van der Waals surface area contributed by atoms with Gasteiger partial charge in [-0.25, -0.2) is 0 Å². The topological polar surface area (TPSA) is 46.3 Å². The maximum absolute atomic E-state index is 10.3. The zero-order valence-electron chi connectivity index (χ0n) is 12.3. The molecule has 0 saturated carbocycles. The molecule has 106 valence electrons. The molecule has 1 amide bonds. The van der Waals surface area contributed by atoms with Gasteiger partial charge in [0, 0.05) is 14.1 Å². The first-order valence-corrected chi connectivity index (χ1v) is 6.57. The van der Waals surface area contributed by atoms with Crippen LogP contribution in [-0.2, 0) is 4.79 Å². The highest BCUT2D eigenvalue weighted by Crippen LogP contribution is 2.18. The van der Waals surface area contributed by atoms with Gasteiger partial charge in [-0.05, 0) is 18.1 Å². The number of nitrogens with zero attached hydrogens (tertiary/aromatic N) is 1. The SMILES string of the molecule is CN(C)C(=O)CN.Cc1ccc(-c2ccccc2)cc1. The molecule has 0 aliphatic carbocycles. The third-order valence-electron chi connectivity index (χ3n) is 2.83. The first-order valence-electron chi connectivity index (χ1n) is 6.57.